The second kappa shape index (κ2) is 7.51. The zero-order chi connectivity index (χ0) is 17.9. The highest BCUT2D eigenvalue weighted by atomic mass is 31.1. The van der Waals surface area contributed by atoms with Crippen LogP contribution in [0.15, 0.2) is 95.7 Å². The molecule has 2 aliphatic rings. The van der Waals surface area contributed by atoms with Crippen LogP contribution in [0.2, 0.25) is 0 Å². The number of nitrogens with zero attached hydrogens (tertiary/aromatic N) is 1. The number of rotatable bonds is 4. The van der Waals surface area contributed by atoms with Crippen LogP contribution >= 0.6 is 7.92 Å². The molecular formula is C23H23NOP. The summed E-state index contributed by atoms with van der Waals surface area (Å²) in [5, 5.41) is 8.88. The van der Waals surface area contributed by atoms with Gasteiger partial charge in [0.2, 0.25) is 5.88 Å². The largest absolute Gasteiger partial charge is 0.475 e. The molecular weight excluding hydrogens is 337 g/mol. The maximum atomic E-state index is 5.99. The summed E-state index contributed by atoms with van der Waals surface area (Å²) in [6.45, 7) is 5.09. The molecule has 1 aliphatic carbocycles. The second-order valence-electron chi connectivity index (χ2n) is 6.89. The van der Waals surface area contributed by atoms with Gasteiger partial charge < -0.3 is 4.74 Å². The SMILES string of the molecule is CC(C)[C@@H]1CO/C(=C2/C=CC=C2P(c2ccccc2)c2ccccc2)[N]1. The molecule has 26 heavy (non-hydrogen) atoms. The Balaban J connectivity index is 1.75. The molecule has 0 bridgehead atoms. The lowest BCUT2D eigenvalue weighted by Crippen LogP contribution is -2.23. The zero-order valence-corrected chi connectivity index (χ0v) is 16.1. The fourth-order valence-corrected chi connectivity index (χ4v) is 5.69. The number of benzene rings is 2. The van der Waals surface area contributed by atoms with Gasteiger partial charge in [0, 0.05) is 5.57 Å². The van der Waals surface area contributed by atoms with Gasteiger partial charge in [0.15, 0.2) is 0 Å². The van der Waals surface area contributed by atoms with Gasteiger partial charge in [-0.3, -0.25) is 0 Å². The summed E-state index contributed by atoms with van der Waals surface area (Å²) in [5.74, 6) is 1.30. The minimum atomic E-state index is -0.636. The highest BCUT2D eigenvalue weighted by Gasteiger charge is 2.31. The van der Waals surface area contributed by atoms with Crippen LogP contribution in [-0.2, 0) is 4.74 Å². The van der Waals surface area contributed by atoms with E-state index in [2.05, 4.69) is 92.7 Å². The summed E-state index contributed by atoms with van der Waals surface area (Å²) in [5.41, 5.74) is 1.15. The molecule has 2 aromatic carbocycles. The third-order valence-electron chi connectivity index (χ3n) is 4.74. The van der Waals surface area contributed by atoms with Crippen LogP contribution in [-0.4, -0.2) is 12.6 Å². The summed E-state index contributed by atoms with van der Waals surface area (Å²) < 4.78 is 5.99. The first-order valence-corrected chi connectivity index (χ1v) is 10.4. The minimum absolute atomic E-state index is 0.257. The standard InChI is InChI=1S/C23H23NOP/c1-17(2)21-16-25-23(24-21)20-14-9-15-22(20)26(18-10-5-3-6-11-18)19-12-7-4-8-13-19/h3-15,17,21H,16H2,1-2H3/b23-20-/t21-/m0/s1. The summed E-state index contributed by atoms with van der Waals surface area (Å²) in [7, 11) is -0.636. The lowest BCUT2D eigenvalue weighted by Gasteiger charge is -2.22. The van der Waals surface area contributed by atoms with Crippen LogP contribution < -0.4 is 15.9 Å². The van der Waals surface area contributed by atoms with Crippen molar-refractivity contribution in [1.82, 2.24) is 5.32 Å². The van der Waals surface area contributed by atoms with E-state index in [1.807, 2.05) is 0 Å². The van der Waals surface area contributed by atoms with Crippen LogP contribution in [0.4, 0.5) is 0 Å². The van der Waals surface area contributed by atoms with Gasteiger partial charge in [-0.25, -0.2) is 5.32 Å². The Labute approximate surface area is 157 Å². The average molecular weight is 360 g/mol. The Morgan fingerprint density at radius 2 is 1.58 bits per heavy atom. The van der Waals surface area contributed by atoms with Crippen molar-refractivity contribution < 1.29 is 4.74 Å². The van der Waals surface area contributed by atoms with Crippen LogP contribution in [0.3, 0.4) is 0 Å². The molecule has 1 aliphatic heterocycles. The van der Waals surface area contributed by atoms with Crippen molar-refractivity contribution in [3.8, 4) is 0 Å². The van der Waals surface area contributed by atoms with E-state index in [1.54, 1.807) is 0 Å². The summed E-state index contributed by atoms with van der Waals surface area (Å²) in [4.78, 5) is 0. The highest BCUT2D eigenvalue weighted by molar-refractivity contribution is 7.77. The Kier molecular flexibility index (Phi) is 4.95. The van der Waals surface area contributed by atoms with Crippen molar-refractivity contribution in [1.29, 1.82) is 0 Å². The molecule has 1 saturated heterocycles. The molecule has 0 spiro atoms. The van der Waals surface area contributed by atoms with Crippen LogP contribution in [0.1, 0.15) is 13.8 Å². The van der Waals surface area contributed by atoms with E-state index in [1.165, 1.54) is 15.9 Å². The fourth-order valence-electron chi connectivity index (χ4n) is 3.25. The molecule has 1 radical (unpaired) electrons. The van der Waals surface area contributed by atoms with Gasteiger partial charge in [-0.1, -0.05) is 86.7 Å². The lowest BCUT2D eigenvalue weighted by atomic mass is 10.1. The van der Waals surface area contributed by atoms with E-state index in [0.717, 1.165) is 11.5 Å². The van der Waals surface area contributed by atoms with Gasteiger partial charge in [0.05, 0.1) is 6.04 Å². The molecule has 2 nitrogen and oxygen atoms in total. The predicted molar refractivity (Wildman–Crippen MR) is 110 cm³/mol. The van der Waals surface area contributed by atoms with Crippen LogP contribution in [0, 0.1) is 5.92 Å². The maximum absolute atomic E-state index is 5.99. The first-order valence-electron chi connectivity index (χ1n) is 9.11. The molecule has 1 atom stereocenters. The molecule has 1 heterocycles. The van der Waals surface area contributed by atoms with Gasteiger partial charge in [-0.15, -0.1) is 0 Å². The van der Waals surface area contributed by atoms with Crippen LogP contribution in [0.5, 0.6) is 0 Å². The Hall–Kier alpha value is -2.31. The van der Waals surface area contributed by atoms with E-state index < -0.39 is 7.92 Å². The number of allylic oxidation sites excluding steroid dienone is 5. The molecule has 4 rings (SSSR count). The Morgan fingerprint density at radius 1 is 0.962 bits per heavy atom. The maximum Gasteiger partial charge on any atom is 0.217 e. The Morgan fingerprint density at radius 3 is 2.12 bits per heavy atom. The van der Waals surface area contributed by atoms with E-state index in [4.69, 9.17) is 10.1 Å². The molecule has 131 valence electrons. The van der Waals surface area contributed by atoms with Crippen molar-refractivity contribution in [3.63, 3.8) is 0 Å². The molecule has 0 saturated carbocycles. The molecule has 0 amide bonds. The first-order chi connectivity index (χ1) is 12.7. The number of hydrogen-bond acceptors (Lipinski definition) is 1. The van der Waals surface area contributed by atoms with E-state index >= 15 is 0 Å². The monoisotopic (exact) mass is 360 g/mol. The minimum Gasteiger partial charge on any atom is -0.475 e. The van der Waals surface area contributed by atoms with Crippen molar-refractivity contribution in [2.45, 2.75) is 19.9 Å². The Bertz CT molecular complexity index is 813. The predicted octanol–water partition coefficient (Wildman–Crippen LogP) is 4.44. The fraction of sp³-hybridized carbons (Fsp3) is 0.217. The van der Waals surface area contributed by atoms with E-state index in [9.17, 15) is 0 Å². The van der Waals surface area contributed by atoms with Gasteiger partial charge in [-0.05, 0) is 35.8 Å². The topological polar surface area (TPSA) is 23.3 Å². The van der Waals surface area contributed by atoms with Gasteiger partial charge >= 0.3 is 0 Å². The van der Waals surface area contributed by atoms with Gasteiger partial charge in [0.1, 0.15) is 6.61 Å². The molecule has 3 heteroatoms. The quantitative estimate of drug-likeness (QED) is 0.739. The third kappa shape index (κ3) is 3.34. The van der Waals surface area contributed by atoms with Gasteiger partial charge in [-0.2, -0.15) is 0 Å². The summed E-state index contributed by atoms with van der Waals surface area (Å²) in [6, 6.07) is 21.8. The second-order valence-corrected chi connectivity index (χ2v) is 9.07. The molecule has 0 N–H and O–H groups in total. The normalized spacial score (nSPS) is 21.8. The van der Waals surface area contributed by atoms with E-state index in [-0.39, 0.29) is 6.04 Å². The summed E-state index contributed by atoms with van der Waals surface area (Å²) in [6.07, 6.45) is 6.51. The van der Waals surface area contributed by atoms with Crippen LogP contribution in [0.25, 0.3) is 0 Å². The first kappa shape index (κ1) is 17.1. The number of hydrogen-bond donors (Lipinski definition) is 0. The van der Waals surface area contributed by atoms with Crippen molar-refractivity contribution in [2.75, 3.05) is 6.61 Å². The van der Waals surface area contributed by atoms with Crippen molar-refractivity contribution in [2.24, 2.45) is 5.92 Å². The summed E-state index contributed by atoms with van der Waals surface area (Å²) >= 11 is 0. The average Bonchev–Trinajstić information content (AvgIpc) is 3.33. The smallest absolute Gasteiger partial charge is 0.217 e. The molecule has 0 aromatic heterocycles. The van der Waals surface area contributed by atoms with E-state index in [0.29, 0.717) is 12.5 Å². The highest BCUT2D eigenvalue weighted by Crippen LogP contribution is 2.49. The lowest BCUT2D eigenvalue weighted by molar-refractivity contribution is 0.242. The van der Waals surface area contributed by atoms with Crippen molar-refractivity contribution in [3.05, 3.63) is 95.7 Å². The molecule has 1 fully saturated rings. The number of ether oxygens (including phenoxy) is 1. The third-order valence-corrected chi connectivity index (χ3v) is 7.24. The molecule has 2 aromatic rings. The molecule has 0 unspecified atom stereocenters. The van der Waals surface area contributed by atoms with Gasteiger partial charge in [0.25, 0.3) is 0 Å². The zero-order valence-electron chi connectivity index (χ0n) is 15.2. The van der Waals surface area contributed by atoms with Crippen molar-refractivity contribution >= 4 is 18.5 Å².